The number of aryl methyl sites for hydroxylation is 1. The molecule has 0 bridgehead atoms. The second kappa shape index (κ2) is 8.46. The number of urea groups is 1. The second-order valence-electron chi connectivity index (χ2n) is 5.35. The molecule has 0 aliphatic carbocycles. The Morgan fingerprint density at radius 3 is 2.48 bits per heavy atom. The average molecular weight is 438 g/mol. The summed E-state index contributed by atoms with van der Waals surface area (Å²) in [4.78, 5) is 18.6. The third-order valence-electron chi connectivity index (χ3n) is 3.13. The first kappa shape index (κ1) is 22.1. The van der Waals surface area contributed by atoms with Crippen molar-refractivity contribution in [1.82, 2.24) is 14.7 Å². The molecule has 14 heteroatoms. The lowest BCUT2D eigenvalue weighted by molar-refractivity contribution is -0.254. The molecule has 0 aliphatic rings. The van der Waals surface area contributed by atoms with Crippen LogP contribution in [0.1, 0.15) is 5.69 Å². The maximum Gasteiger partial charge on any atom is 0.461 e. The molecule has 0 spiro atoms. The van der Waals surface area contributed by atoms with Gasteiger partial charge >= 0.3 is 18.6 Å². The SMILES string of the molecule is COc1cc(C)nc(NC(=O)NS(=O)(=O)c2ccccc2OC(F)(F)C(F)F)n1. The number of carbonyl (C=O) groups is 1. The fourth-order valence-corrected chi connectivity index (χ4v) is 2.99. The molecule has 29 heavy (non-hydrogen) atoms. The van der Waals surface area contributed by atoms with Crippen LogP contribution in [0.5, 0.6) is 11.6 Å². The Bertz CT molecular complexity index is 1000. The Kier molecular flexibility index (Phi) is 6.46. The summed E-state index contributed by atoms with van der Waals surface area (Å²) in [6.45, 7) is 1.56. The molecule has 0 unspecified atom stereocenters. The molecular formula is C15H14F4N4O5S. The van der Waals surface area contributed by atoms with E-state index in [1.54, 1.807) is 6.92 Å². The molecule has 2 N–H and O–H groups in total. The van der Waals surface area contributed by atoms with Crippen LogP contribution in [0.3, 0.4) is 0 Å². The molecular weight excluding hydrogens is 424 g/mol. The quantitative estimate of drug-likeness (QED) is 0.638. The Balaban J connectivity index is 2.24. The zero-order valence-electron chi connectivity index (χ0n) is 14.8. The van der Waals surface area contributed by atoms with Gasteiger partial charge in [-0.2, -0.15) is 22.5 Å². The maximum absolute atomic E-state index is 13.2. The molecule has 2 aromatic rings. The number of benzene rings is 1. The highest BCUT2D eigenvalue weighted by Gasteiger charge is 2.45. The molecule has 0 aliphatic heterocycles. The molecule has 1 heterocycles. The number of nitrogens with zero attached hydrogens (tertiary/aromatic N) is 2. The minimum atomic E-state index is -4.94. The van der Waals surface area contributed by atoms with E-state index in [2.05, 4.69) is 14.7 Å². The monoisotopic (exact) mass is 438 g/mol. The Morgan fingerprint density at radius 1 is 1.21 bits per heavy atom. The van der Waals surface area contributed by atoms with Gasteiger partial charge in [0, 0.05) is 11.8 Å². The summed E-state index contributed by atoms with van der Waals surface area (Å²) in [5.41, 5.74) is 0.392. The van der Waals surface area contributed by atoms with E-state index >= 15 is 0 Å². The number of rotatable bonds is 7. The van der Waals surface area contributed by atoms with Crippen LogP contribution in [0.2, 0.25) is 0 Å². The molecule has 0 saturated heterocycles. The minimum Gasteiger partial charge on any atom is -0.481 e. The standard InChI is InChI=1S/C15H14F4N4O5S/c1-8-7-11(27-2)21-13(20-8)22-14(24)23-29(25,26)10-6-4-3-5-9(10)28-15(18,19)12(16)17/h3-7,12H,1-2H3,(H2,20,21,22,23,24). The molecule has 0 atom stereocenters. The van der Waals surface area contributed by atoms with Gasteiger partial charge in [-0.15, -0.1) is 0 Å². The molecule has 0 radical (unpaired) electrons. The number of hydrogen-bond acceptors (Lipinski definition) is 7. The maximum atomic E-state index is 13.2. The highest BCUT2D eigenvalue weighted by atomic mass is 32.2. The largest absolute Gasteiger partial charge is 0.481 e. The molecule has 0 saturated carbocycles. The van der Waals surface area contributed by atoms with E-state index in [0.29, 0.717) is 5.69 Å². The molecule has 2 amide bonds. The number of alkyl halides is 4. The second-order valence-corrected chi connectivity index (χ2v) is 7.00. The van der Waals surface area contributed by atoms with Crippen LogP contribution in [0.25, 0.3) is 0 Å². The van der Waals surface area contributed by atoms with Gasteiger partial charge < -0.3 is 9.47 Å². The van der Waals surface area contributed by atoms with Crippen molar-refractivity contribution in [3.05, 3.63) is 36.0 Å². The van der Waals surface area contributed by atoms with E-state index in [-0.39, 0.29) is 11.8 Å². The number of aromatic nitrogens is 2. The molecule has 0 fully saturated rings. The van der Waals surface area contributed by atoms with E-state index in [4.69, 9.17) is 4.74 Å². The fourth-order valence-electron chi connectivity index (χ4n) is 1.95. The molecule has 1 aromatic carbocycles. The average Bonchev–Trinajstić information content (AvgIpc) is 2.60. The number of sulfonamides is 1. The van der Waals surface area contributed by atoms with Gasteiger partial charge in [-0.3, -0.25) is 5.32 Å². The lowest BCUT2D eigenvalue weighted by Gasteiger charge is -2.19. The van der Waals surface area contributed by atoms with Crippen molar-refractivity contribution in [2.24, 2.45) is 0 Å². The normalized spacial score (nSPS) is 11.8. The summed E-state index contributed by atoms with van der Waals surface area (Å²) < 4.78 is 86.0. The van der Waals surface area contributed by atoms with Gasteiger partial charge in [-0.05, 0) is 19.1 Å². The lowest BCUT2D eigenvalue weighted by atomic mass is 10.3. The number of anilines is 1. The van der Waals surface area contributed by atoms with Gasteiger partial charge in [-0.1, -0.05) is 12.1 Å². The summed E-state index contributed by atoms with van der Waals surface area (Å²) in [6.07, 6.45) is -9.15. The number of methoxy groups -OCH3 is 1. The Labute approximate surface area is 162 Å². The van der Waals surface area contributed by atoms with E-state index in [1.807, 2.05) is 5.32 Å². The number of nitrogens with one attached hydrogen (secondary N) is 2. The van der Waals surface area contributed by atoms with E-state index < -0.39 is 39.2 Å². The summed E-state index contributed by atoms with van der Waals surface area (Å²) in [5, 5.41) is 2.03. The zero-order chi connectivity index (χ0) is 21.8. The zero-order valence-corrected chi connectivity index (χ0v) is 15.6. The highest BCUT2D eigenvalue weighted by molar-refractivity contribution is 7.90. The lowest BCUT2D eigenvalue weighted by Crippen LogP contribution is -2.37. The molecule has 1 aromatic heterocycles. The first-order valence-electron chi connectivity index (χ1n) is 7.62. The number of amides is 2. The van der Waals surface area contributed by atoms with E-state index in [0.717, 1.165) is 24.3 Å². The van der Waals surface area contributed by atoms with Crippen LogP contribution in [0, 0.1) is 6.92 Å². The van der Waals surface area contributed by atoms with Crippen molar-refractivity contribution in [2.75, 3.05) is 12.4 Å². The predicted molar refractivity (Wildman–Crippen MR) is 90.7 cm³/mol. The number of carbonyl (C=O) groups excluding carboxylic acids is 1. The van der Waals surface area contributed by atoms with Crippen LogP contribution < -0.4 is 19.5 Å². The number of ether oxygens (including phenoxy) is 2. The minimum absolute atomic E-state index is 0.0867. The van der Waals surface area contributed by atoms with Gasteiger partial charge in [0.05, 0.1) is 7.11 Å². The van der Waals surface area contributed by atoms with E-state index in [1.165, 1.54) is 17.9 Å². The Hall–Kier alpha value is -3.16. The van der Waals surface area contributed by atoms with Gasteiger partial charge in [0.1, 0.15) is 10.6 Å². The number of halogens is 4. The van der Waals surface area contributed by atoms with Crippen molar-refractivity contribution in [3.8, 4) is 11.6 Å². The van der Waals surface area contributed by atoms with Gasteiger partial charge in [0.15, 0.2) is 0 Å². The van der Waals surface area contributed by atoms with Crippen LogP contribution in [-0.4, -0.2) is 44.1 Å². The van der Waals surface area contributed by atoms with Crippen LogP contribution in [-0.2, 0) is 10.0 Å². The van der Waals surface area contributed by atoms with Gasteiger partial charge in [0.25, 0.3) is 10.0 Å². The smallest absolute Gasteiger partial charge is 0.461 e. The van der Waals surface area contributed by atoms with Gasteiger partial charge in [0.2, 0.25) is 11.8 Å². The number of hydrogen-bond donors (Lipinski definition) is 2. The first-order valence-corrected chi connectivity index (χ1v) is 9.10. The molecule has 2 rings (SSSR count). The summed E-state index contributed by atoms with van der Waals surface area (Å²) in [7, 11) is -3.48. The van der Waals surface area contributed by atoms with Crippen molar-refractivity contribution in [2.45, 2.75) is 24.4 Å². The van der Waals surface area contributed by atoms with Crippen molar-refractivity contribution >= 4 is 22.0 Å². The van der Waals surface area contributed by atoms with Crippen LogP contribution in [0.4, 0.5) is 28.3 Å². The number of para-hydroxylation sites is 1. The predicted octanol–water partition coefficient (Wildman–Crippen LogP) is 2.54. The summed E-state index contributed by atoms with van der Waals surface area (Å²) in [6, 6.07) is 3.83. The fraction of sp³-hybridized carbons (Fsp3) is 0.267. The molecule has 9 nitrogen and oxygen atoms in total. The first-order chi connectivity index (χ1) is 13.4. The van der Waals surface area contributed by atoms with Crippen LogP contribution in [0.15, 0.2) is 35.2 Å². The highest BCUT2D eigenvalue weighted by Crippen LogP contribution is 2.31. The Morgan fingerprint density at radius 2 is 1.86 bits per heavy atom. The third kappa shape index (κ3) is 5.66. The summed E-state index contributed by atoms with van der Waals surface area (Å²) >= 11 is 0. The molecule has 158 valence electrons. The van der Waals surface area contributed by atoms with Crippen LogP contribution >= 0.6 is 0 Å². The van der Waals surface area contributed by atoms with Gasteiger partial charge in [-0.25, -0.2) is 22.9 Å². The van der Waals surface area contributed by atoms with Crippen molar-refractivity contribution in [3.63, 3.8) is 0 Å². The van der Waals surface area contributed by atoms with Crippen molar-refractivity contribution in [1.29, 1.82) is 0 Å². The summed E-state index contributed by atoms with van der Waals surface area (Å²) in [5.74, 6) is -1.29. The topological polar surface area (TPSA) is 120 Å². The third-order valence-corrected chi connectivity index (χ3v) is 4.50. The van der Waals surface area contributed by atoms with E-state index in [9.17, 15) is 30.8 Å². The van der Waals surface area contributed by atoms with Crippen molar-refractivity contribution < 1.29 is 40.2 Å².